The van der Waals surface area contributed by atoms with Gasteiger partial charge in [0, 0.05) is 36.6 Å². The fourth-order valence-corrected chi connectivity index (χ4v) is 4.98. The van der Waals surface area contributed by atoms with E-state index in [1.54, 1.807) is 6.20 Å². The number of carbonyl (C=O) groups excluding carboxylic acids is 2. The van der Waals surface area contributed by atoms with Gasteiger partial charge in [0.2, 0.25) is 5.91 Å². The third-order valence-corrected chi connectivity index (χ3v) is 6.95. The fraction of sp³-hybridized carbons (Fsp3) is 0.640. The Morgan fingerprint density at radius 1 is 1.13 bits per heavy atom. The van der Waals surface area contributed by atoms with Gasteiger partial charge in [-0.15, -0.1) is 0 Å². The molecule has 0 bridgehead atoms. The minimum atomic E-state index is -0.434. The van der Waals surface area contributed by atoms with Crippen molar-refractivity contribution in [1.82, 2.24) is 15.2 Å². The number of carbonyl (C=O) groups is 2. The number of hydrogen-bond acceptors (Lipinski definition) is 3. The van der Waals surface area contributed by atoms with Crippen molar-refractivity contribution in [2.45, 2.75) is 77.7 Å². The molecule has 2 N–H and O–H groups in total. The van der Waals surface area contributed by atoms with E-state index in [0.29, 0.717) is 17.2 Å². The Hall–Kier alpha value is -2.37. The van der Waals surface area contributed by atoms with Crippen LogP contribution >= 0.6 is 0 Å². The first-order chi connectivity index (χ1) is 15.1. The van der Waals surface area contributed by atoms with Crippen LogP contribution in [-0.4, -0.2) is 46.5 Å². The number of hydrogen-bond donors (Lipinski definition) is 2. The number of allylic oxidation sites excluding steroid dienone is 2. The van der Waals surface area contributed by atoms with E-state index >= 15 is 0 Å². The van der Waals surface area contributed by atoms with Gasteiger partial charge in [-0.3, -0.25) is 14.6 Å². The number of aryl methyl sites for hydroxylation is 1. The molecule has 1 aromatic rings. The molecule has 0 radical (unpaired) electrons. The molecular formula is C25H36N4O2. The number of aromatic nitrogens is 1. The van der Waals surface area contributed by atoms with Crippen LogP contribution in [0.4, 0.5) is 5.69 Å². The van der Waals surface area contributed by atoms with Gasteiger partial charge in [0.1, 0.15) is 6.04 Å². The van der Waals surface area contributed by atoms with Gasteiger partial charge in [-0.2, -0.15) is 0 Å². The van der Waals surface area contributed by atoms with E-state index in [1.165, 1.54) is 6.42 Å². The zero-order chi connectivity index (χ0) is 21.8. The van der Waals surface area contributed by atoms with E-state index in [0.717, 1.165) is 75.9 Å². The maximum atomic E-state index is 13.4. The lowest BCUT2D eigenvalue weighted by atomic mass is 9.83. The van der Waals surface area contributed by atoms with Gasteiger partial charge < -0.3 is 15.2 Å². The number of amides is 2. The molecule has 2 saturated carbocycles. The first kappa shape index (κ1) is 21.8. The van der Waals surface area contributed by atoms with Gasteiger partial charge in [0.25, 0.3) is 5.91 Å². The topological polar surface area (TPSA) is 77.6 Å². The lowest BCUT2D eigenvalue weighted by Crippen LogP contribution is -2.52. The minimum absolute atomic E-state index is 0.0997. The second-order valence-electron chi connectivity index (χ2n) is 9.37. The lowest BCUT2D eigenvalue weighted by Gasteiger charge is -2.32. The van der Waals surface area contributed by atoms with E-state index in [2.05, 4.69) is 10.3 Å². The molecule has 1 atom stereocenters. The average molecular weight is 425 g/mol. The van der Waals surface area contributed by atoms with Gasteiger partial charge >= 0.3 is 0 Å². The summed E-state index contributed by atoms with van der Waals surface area (Å²) in [7, 11) is 0. The van der Waals surface area contributed by atoms with Crippen molar-refractivity contribution in [3.05, 3.63) is 29.6 Å². The molecule has 168 valence electrons. The molecular weight excluding hydrogens is 388 g/mol. The predicted molar refractivity (Wildman–Crippen MR) is 124 cm³/mol. The molecule has 2 aliphatic carbocycles. The summed E-state index contributed by atoms with van der Waals surface area (Å²) in [6.45, 7) is 5.56. The fourth-order valence-electron chi connectivity index (χ4n) is 4.98. The molecule has 4 rings (SSSR count). The van der Waals surface area contributed by atoms with Gasteiger partial charge in [0.05, 0.1) is 11.3 Å². The molecule has 1 aliphatic heterocycles. The van der Waals surface area contributed by atoms with Crippen LogP contribution in [0.3, 0.4) is 0 Å². The Labute approximate surface area is 185 Å². The van der Waals surface area contributed by atoms with E-state index in [1.807, 2.05) is 30.9 Å². The second kappa shape index (κ2) is 9.84. The summed E-state index contributed by atoms with van der Waals surface area (Å²) >= 11 is 0. The SMILES string of the molecule is CC=CC(=Nc1c(C(=O)N[C@@H](C(=O)N2CCCC2)C2CCCCC2)c[nH]c1C)C1CC1. The van der Waals surface area contributed by atoms with Crippen molar-refractivity contribution < 1.29 is 9.59 Å². The Morgan fingerprint density at radius 2 is 1.84 bits per heavy atom. The Morgan fingerprint density at radius 3 is 2.48 bits per heavy atom. The number of nitrogens with zero attached hydrogens (tertiary/aromatic N) is 2. The molecule has 2 heterocycles. The monoisotopic (exact) mass is 424 g/mol. The zero-order valence-electron chi connectivity index (χ0n) is 19.0. The van der Waals surface area contributed by atoms with Crippen molar-refractivity contribution in [2.24, 2.45) is 16.8 Å². The van der Waals surface area contributed by atoms with Gasteiger partial charge in [-0.05, 0) is 64.4 Å². The van der Waals surface area contributed by atoms with Gasteiger partial charge in [0.15, 0.2) is 0 Å². The van der Waals surface area contributed by atoms with Crippen LogP contribution in [-0.2, 0) is 4.79 Å². The average Bonchev–Trinajstić information content (AvgIpc) is 3.35. The lowest BCUT2D eigenvalue weighted by molar-refractivity contribution is -0.133. The quantitative estimate of drug-likeness (QED) is 0.623. The van der Waals surface area contributed by atoms with Crippen LogP contribution in [0.25, 0.3) is 0 Å². The highest BCUT2D eigenvalue weighted by molar-refractivity contribution is 6.05. The second-order valence-corrected chi connectivity index (χ2v) is 9.37. The zero-order valence-corrected chi connectivity index (χ0v) is 19.0. The standard InChI is InChI=1S/C25H36N4O2/c1-3-9-21(18-12-13-18)27-22-17(2)26-16-20(22)24(30)28-23(19-10-5-4-6-11-19)25(31)29-14-7-8-15-29/h3,9,16,18-19,23,26H,4-8,10-15H2,1-2H3,(H,28,30)/t23-/m1/s1. The van der Waals surface area contributed by atoms with Crippen LogP contribution in [0.15, 0.2) is 23.3 Å². The Balaban J connectivity index is 1.57. The number of rotatable bonds is 7. The van der Waals surface area contributed by atoms with Crippen molar-refractivity contribution in [2.75, 3.05) is 13.1 Å². The van der Waals surface area contributed by atoms with Crippen LogP contribution in [0, 0.1) is 18.8 Å². The normalized spacial score (nSPS) is 21.6. The smallest absolute Gasteiger partial charge is 0.255 e. The highest BCUT2D eigenvalue weighted by Gasteiger charge is 2.35. The number of aliphatic imine (C=N–C) groups is 1. The van der Waals surface area contributed by atoms with Crippen LogP contribution in [0.2, 0.25) is 0 Å². The molecule has 3 aliphatic rings. The molecule has 2 amide bonds. The van der Waals surface area contributed by atoms with Crippen LogP contribution in [0.1, 0.15) is 80.8 Å². The highest BCUT2D eigenvalue weighted by atomic mass is 16.2. The molecule has 6 nitrogen and oxygen atoms in total. The maximum Gasteiger partial charge on any atom is 0.255 e. The van der Waals surface area contributed by atoms with Crippen molar-refractivity contribution in [1.29, 1.82) is 0 Å². The first-order valence-electron chi connectivity index (χ1n) is 12.1. The largest absolute Gasteiger partial charge is 0.363 e. The predicted octanol–water partition coefficient (Wildman–Crippen LogP) is 4.68. The summed E-state index contributed by atoms with van der Waals surface area (Å²) in [6.07, 6.45) is 15.7. The maximum absolute atomic E-state index is 13.4. The van der Waals surface area contributed by atoms with Crippen LogP contribution in [0.5, 0.6) is 0 Å². The molecule has 31 heavy (non-hydrogen) atoms. The Kier molecular flexibility index (Phi) is 6.93. The minimum Gasteiger partial charge on any atom is -0.363 e. The third kappa shape index (κ3) is 5.10. The van der Waals surface area contributed by atoms with E-state index in [9.17, 15) is 9.59 Å². The molecule has 6 heteroatoms. The summed E-state index contributed by atoms with van der Waals surface area (Å²) in [5.41, 5.74) is 3.16. The van der Waals surface area contributed by atoms with Gasteiger partial charge in [-0.1, -0.05) is 25.3 Å². The molecule has 0 spiro atoms. The first-order valence-corrected chi connectivity index (χ1v) is 12.1. The summed E-state index contributed by atoms with van der Waals surface area (Å²) in [5, 5.41) is 3.15. The number of nitrogens with one attached hydrogen (secondary N) is 2. The van der Waals surface area contributed by atoms with E-state index in [4.69, 9.17) is 4.99 Å². The van der Waals surface area contributed by atoms with E-state index < -0.39 is 6.04 Å². The molecule has 1 aromatic heterocycles. The molecule has 0 aromatic carbocycles. The molecule has 1 saturated heterocycles. The highest BCUT2D eigenvalue weighted by Crippen LogP contribution is 2.34. The van der Waals surface area contributed by atoms with Crippen molar-refractivity contribution in [3.63, 3.8) is 0 Å². The summed E-state index contributed by atoms with van der Waals surface area (Å²) in [6, 6.07) is -0.434. The van der Waals surface area contributed by atoms with Gasteiger partial charge in [-0.25, -0.2) is 0 Å². The summed E-state index contributed by atoms with van der Waals surface area (Å²) in [4.78, 5) is 36.7. The molecule has 0 unspecified atom stereocenters. The van der Waals surface area contributed by atoms with Crippen LogP contribution < -0.4 is 5.32 Å². The summed E-state index contributed by atoms with van der Waals surface area (Å²) in [5.74, 6) is 0.625. The Bertz CT molecular complexity index is 853. The third-order valence-electron chi connectivity index (χ3n) is 6.95. The number of H-pyrrole nitrogens is 1. The number of aromatic amines is 1. The molecule has 3 fully saturated rings. The summed E-state index contributed by atoms with van der Waals surface area (Å²) < 4.78 is 0. The van der Waals surface area contributed by atoms with Crippen molar-refractivity contribution >= 4 is 23.2 Å². The van der Waals surface area contributed by atoms with Crippen molar-refractivity contribution in [3.8, 4) is 0 Å². The van der Waals surface area contributed by atoms with E-state index in [-0.39, 0.29) is 17.7 Å². The number of likely N-dealkylation sites (tertiary alicyclic amines) is 1.